The molecule has 2 atom stereocenters. The predicted molar refractivity (Wildman–Crippen MR) is 466 cm³/mol. The van der Waals surface area contributed by atoms with Crippen molar-refractivity contribution in [2.75, 3.05) is 55.5 Å². The summed E-state index contributed by atoms with van der Waals surface area (Å²) in [5, 5.41) is 36.7. The first-order valence-electron chi connectivity index (χ1n) is 41.4. The third-order valence-electron chi connectivity index (χ3n) is 19.2. The topological polar surface area (TPSA) is 239 Å². The van der Waals surface area contributed by atoms with Gasteiger partial charge in [-0.15, -0.1) is 0 Å². The van der Waals surface area contributed by atoms with Crippen molar-refractivity contribution in [3.05, 3.63) is 280 Å². The first-order chi connectivity index (χ1) is 59.0. The number of unbranched alkanes of at least 4 members (excludes halogenated alkanes) is 28. The molecule has 4 amide bonds. The predicted octanol–water partition coefficient (Wildman–Crippen LogP) is 20.6. The number of benzene rings is 4. The molecule has 0 fully saturated rings. The van der Waals surface area contributed by atoms with Crippen molar-refractivity contribution in [2.24, 2.45) is 4.99 Å². The molecule has 3 aliphatic rings. The van der Waals surface area contributed by atoms with E-state index in [1.165, 1.54) is 141 Å². The van der Waals surface area contributed by atoms with Gasteiger partial charge in [0, 0.05) is 46.0 Å². The van der Waals surface area contributed by atoms with Crippen molar-refractivity contribution in [3.8, 4) is 0 Å². The normalized spacial score (nSPS) is 13.6. The maximum absolute atomic E-state index is 15.4. The number of alkyl carbamates (subject to hydrolysis) is 4. The first kappa shape index (κ1) is 92.8. The van der Waals surface area contributed by atoms with Crippen molar-refractivity contribution >= 4 is 79.9 Å². The third kappa shape index (κ3) is 33.8. The lowest BCUT2D eigenvalue weighted by Gasteiger charge is -2.41. The van der Waals surface area contributed by atoms with Crippen LogP contribution < -0.4 is 47.8 Å². The average Bonchev–Trinajstić information content (AvgIpc) is 0.713. The number of hydrogen-bond donors (Lipinski definition) is 8. The van der Waals surface area contributed by atoms with Crippen molar-refractivity contribution in [3.63, 3.8) is 0 Å². The van der Waals surface area contributed by atoms with E-state index in [0.29, 0.717) is 46.3 Å². The molecule has 2 aliphatic heterocycles. The Kier molecular flexibility index (Phi) is 43.3. The molecule has 4 aromatic rings. The van der Waals surface area contributed by atoms with E-state index in [1.807, 2.05) is 30.3 Å². The molecular weight excluding hydrogens is 1500 g/mol. The SMILES string of the molecule is C=C=C=C=C=C=C=C=C=C=C=C=C=C=C=C=CNC(=O)OCC1(COC(=O)NCCCCCCCCCCCCCCCCC)N=c2c(=C3C(=O)C(c4ccc5cccc6c5c4NC(COC(=O)NC=C=C=C=C=C=C=C=C=C=C=C=C=C=C=C=C)(COC(=O)NCCCCCCCCCCCCCCCCC)N6)=C3O)ccc3cccc(c23)N1. The van der Waals surface area contributed by atoms with Crippen LogP contribution in [-0.2, 0) is 23.7 Å². The zero-order chi connectivity index (χ0) is 85.0. The Balaban J connectivity index is 1.16. The number of hydrogen-bond acceptors (Lipinski definition) is 14. The lowest BCUT2D eigenvalue weighted by molar-refractivity contribution is -0.110. The molecule has 2 heterocycles. The number of rotatable bonds is 43. The van der Waals surface area contributed by atoms with Gasteiger partial charge >= 0.3 is 24.4 Å². The smallest absolute Gasteiger partial charge is 0.411 e. The zero-order valence-electron chi connectivity index (χ0n) is 68.9. The fourth-order valence-corrected chi connectivity index (χ4v) is 13.3. The second-order valence-corrected chi connectivity index (χ2v) is 28.3. The number of ketones is 1. The van der Waals surface area contributed by atoms with Crippen LogP contribution in [0.5, 0.6) is 0 Å². The second kappa shape index (κ2) is 56.0. The molecule has 0 spiro atoms. The maximum Gasteiger partial charge on any atom is 0.411 e. The lowest BCUT2D eigenvalue weighted by atomic mass is 9.80. The van der Waals surface area contributed by atoms with E-state index < -0.39 is 67.9 Å². The van der Waals surface area contributed by atoms with Gasteiger partial charge < -0.3 is 50.6 Å². The largest absolute Gasteiger partial charge is 0.506 e. The fraction of sp³-hybridized carbons (Fsp3) is 0.392. The van der Waals surface area contributed by atoms with Gasteiger partial charge in [0.25, 0.3) is 0 Å². The summed E-state index contributed by atoms with van der Waals surface area (Å²) in [6.07, 6.45) is 35.1. The number of nitrogens with one attached hydrogen (secondary N) is 7. The molecule has 610 valence electrons. The van der Waals surface area contributed by atoms with Crippen LogP contribution in [0.1, 0.15) is 212 Å². The molecule has 0 saturated carbocycles. The number of ether oxygens (including phenoxy) is 4. The number of aliphatic hydroxyl groups excluding tert-OH is 1. The van der Waals surface area contributed by atoms with Gasteiger partial charge in [0.15, 0.2) is 11.3 Å². The molecule has 2 unspecified atom stereocenters. The minimum absolute atomic E-state index is 0.0614. The van der Waals surface area contributed by atoms with Gasteiger partial charge in [0.05, 0.1) is 34.6 Å². The van der Waals surface area contributed by atoms with Gasteiger partial charge in [-0.05, 0) is 209 Å². The van der Waals surface area contributed by atoms with Crippen molar-refractivity contribution in [1.29, 1.82) is 0 Å². The van der Waals surface area contributed by atoms with Crippen LogP contribution in [0.25, 0.3) is 32.7 Å². The monoisotopic (exact) mass is 1600 g/mol. The molecule has 0 radical (unpaired) electrons. The third-order valence-corrected chi connectivity index (χ3v) is 19.2. The van der Waals surface area contributed by atoms with Crippen LogP contribution in [0.4, 0.5) is 36.2 Å². The summed E-state index contributed by atoms with van der Waals surface area (Å²) in [6.45, 7) is 10.1. The Morgan fingerprint density at radius 3 is 1.16 bits per heavy atom. The molecule has 0 bridgehead atoms. The van der Waals surface area contributed by atoms with E-state index in [9.17, 15) is 24.3 Å². The zero-order valence-corrected chi connectivity index (χ0v) is 68.9. The highest BCUT2D eigenvalue weighted by molar-refractivity contribution is 6.52. The number of amides is 4. The molecule has 8 N–H and O–H groups in total. The number of aliphatic hydroxyl groups is 1. The van der Waals surface area contributed by atoms with Gasteiger partial charge in [0.1, 0.15) is 32.2 Å². The molecular formula is C102H102N8O10. The fourth-order valence-electron chi connectivity index (χ4n) is 13.3. The summed E-state index contributed by atoms with van der Waals surface area (Å²) in [6, 6.07) is 17.9. The Hall–Kier alpha value is -14.4. The van der Waals surface area contributed by atoms with Gasteiger partial charge in [-0.2, -0.15) is 0 Å². The number of anilines is 3. The van der Waals surface area contributed by atoms with Crippen LogP contribution in [0.2, 0.25) is 0 Å². The summed E-state index contributed by atoms with van der Waals surface area (Å²) in [5.41, 5.74) is 73.7. The van der Waals surface area contributed by atoms with Crippen LogP contribution in [-0.4, -0.2) is 86.1 Å². The van der Waals surface area contributed by atoms with Crippen molar-refractivity contribution in [2.45, 2.75) is 218 Å². The maximum atomic E-state index is 15.4. The van der Waals surface area contributed by atoms with Crippen molar-refractivity contribution < 1.29 is 48.0 Å². The highest BCUT2D eigenvalue weighted by atomic mass is 16.6. The van der Waals surface area contributed by atoms with Crippen LogP contribution in [0, 0.1) is 0 Å². The van der Waals surface area contributed by atoms with Gasteiger partial charge in [-0.3, -0.25) is 15.4 Å². The van der Waals surface area contributed by atoms with Crippen LogP contribution in [0.15, 0.2) is 269 Å². The van der Waals surface area contributed by atoms with E-state index in [2.05, 4.69) is 236 Å². The number of Topliss-reactive ketones (excluding diaryl/α,β-unsaturated/α-hetero) is 1. The van der Waals surface area contributed by atoms with Crippen LogP contribution in [0.3, 0.4) is 0 Å². The second-order valence-electron chi connectivity index (χ2n) is 28.3. The minimum Gasteiger partial charge on any atom is -0.506 e. The number of carbonyl (C=O) groups excluding carboxylic acids is 5. The Bertz CT molecular complexity index is 5840. The van der Waals surface area contributed by atoms with Gasteiger partial charge in [0.2, 0.25) is 5.78 Å². The summed E-state index contributed by atoms with van der Waals surface area (Å²) in [5.74, 6) is -0.936. The van der Waals surface area contributed by atoms with E-state index >= 15 is 4.79 Å². The van der Waals surface area contributed by atoms with E-state index in [-0.39, 0.29) is 33.0 Å². The van der Waals surface area contributed by atoms with Crippen LogP contribution >= 0.6 is 0 Å². The number of carbonyl (C=O) groups is 5. The average molecular weight is 1600 g/mol. The Morgan fingerprint density at radius 1 is 0.400 bits per heavy atom. The molecule has 0 saturated heterocycles. The molecule has 4 aromatic carbocycles. The molecule has 18 heteroatoms. The summed E-state index contributed by atoms with van der Waals surface area (Å²) >= 11 is 0. The highest BCUT2D eigenvalue weighted by Gasteiger charge is 2.44. The molecule has 0 aromatic heterocycles. The number of allylic oxidation sites excluding steroid dienone is 2. The van der Waals surface area contributed by atoms with Gasteiger partial charge in [-0.1, -0.05) is 254 Å². The standard InChI is InChI=1S/C102H102N8O10/c1-5-9-13-17-21-25-29-33-37-41-45-49-53-57-61-75-103-97(113)117-79-101(80-118-98(114)104-76-62-58-54-50-46-42-38-34-30-26-22-18-14-10-6-2)107-87-69-65-67-83-71-73-85(93(109-101)89(83)87)91-95(111)92(96(91)112)86-74-72-84-68-66-70-88-90(84)94(86)110-102(108-88,81-119-99(115)105-77-63-59-55-51-47-43-39-35-31-27-23-19-15-11-7-3)82-120-100(116)106-78-64-60-56-52-48-44-40-36-32-28-24-20-16-12-8-4/h65-75,77,107-109,111H,1,3,6,8,10,12,14,16,18,20,22,24,26,28,30,32,34,36,38,40,42,44,46,48,50,52,54,56,58,60,62,64,76,78-82H2,2,4H3,(H,103,113)(H,104,114)(H,105,115)(H,106,116). The summed E-state index contributed by atoms with van der Waals surface area (Å²) < 4.78 is 23.6. The van der Waals surface area contributed by atoms with E-state index in [1.54, 1.807) is 30.3 Å². The van der Waals surface area contributed by atoms with E-state index in [0.717, 1.165) is 69.2 Å². The first-order valence-corrected chi connectivity index (χ1v) is 41.4. The quantitative estimate of drug-likeness (QED) is 0.0117. The highest BCUT2D eigenvalue weighted by Crippen LogP contribution is 2.47. The molecule has 1 aliphatic carbocycles. The Morgan fingerprint density at radius 2 is 0.750 bits per heavy atom. The summed E-state index contributed by atoms with van der Waals surface area (Å²) in [7, 11) is 0. The van der Waals surface area contributed by atoms with Gasteiger partial charge in [-0.25, -0.2) is 24.2 Å². The molecule has 7 rings (SSSR count). The van der Waals surface area contributed by atoms with Crippen molar-refractivity contribution in [1.82, 2.24) is 21.3 Å². The molecule has 18 nitrogen and oxygen atoms in total. The Labute approximate surface area is 703 Å². The number of nitrogens with zero attached hydrogens (tertiary/aromatic N) is 1. The summed E-state index contributed by atoms with van der Waals surface area (Å²) in [4.78, 5) is 74.9. The lowest BCUT2D eigenvalue weighted by Crippen LogP contribution is -2.57. The molecule has 120 heavy (non-hydrogen) atoms. The minimum atomic E-state index is -1.72. The van der Waals surface area contributed by atoms with E-state index in [4.69, 9.17) is 23.9 Å².